The van der Waals surface area contributed by atoms with Crippen molar-refractivity contribution >= 4 is 5.91 Å². The fraction of sp³-hybridized carbons (Fsp3) is 0.529. The first kappa shape index (κ1) is 14.9. The number of fused-ring (bicyclic) bond motifs is 1. The van der Waals surface area contributed by atoms with Crippen LogP contribution in [0.15, 0.2) is 18.2 Å². The number of methoxy groups -OCH3 is 1. The lowest BCUT2D eigenvalue weighted by Crippen LogP contribution is -2.44. The molecule has 1 amide bonds. The second kappa shape index (κ2) is 5.98. The molecule has 22 heavy (non-hydrogen) atoms. The van der Waals surface area contributed by atoms with Gasteiger partial charge in [0, 0.05) is 26.2 Å². The molecule has 0 spiro atoms. The fourth-order valence-corrected chi connectivity index (χ4v) is 3.68. The van der Waals surface area contributed by atoms with E-state index in [0.29, 0.717) is 17.4 Å². The molecular weight excluding hydrogens is 278 g/mol. The predicted molar refractivity (Wildman–Crippen MR) is 82.3 cm³/mol. The number of likely N-dealkylation sites (N-methyl/N-ethyl adjacent to an activating group) is 1. The van der Waals surface area contributed by atoms with Gasteiger partial charge in [0.15, 0.2) is 0 Å². The third-order valence-electron chi connectivity index (χ3n) is 4.82. The first-order valence-corrected chi connectivity index (χ1v) is 7.70. The molecule has 3 rings (SSSR count). The molecule has 2 saturated heterocycles. The Balaban J connectivity index is 1.78. The maximum Gasteiger partial charge on any atom is 0.227 e. The van der Waals surface area contributed by atoms with Gasteiger partial charge in [0.1, 0.15) is 11.8 Å². The zero-order chi connectivity index (χ0) is 15.7. The van der Waals surface area contributed by atoms with Gasteiger partial charge in [0.2, 0.25) is 5.91 Å². The first-order valence-electron chi connectivity index (χ1n) is 7.70. The Morgan fingerprint density at radius 1 is 1.45 bits per heavy atom. The van der Waals surface area contributed by atoms with Crippen LogP contribution in [-0.2, 0) is 11.3 Å². The van der Waals surface area contributed by atoms with Crippen LogP contribution in [-0.4, -0.2) is 49.0 Å². The van der Waals surface area contributed by atoms with Crippen LogP contribution >= 0.6 is 0 Å². The maximum atomic E-state index is 12.2. The molecule has 0 bridgehead atoms. The zero-order valence-electron chi connectivity index (χ0n) is 13.1. The summed E-state index contributed by atoms with van der Waals surface area (Å²) in [5.74, 6) is 1.04. The molecule has 1 aromatic rings. The summed E-state index contributed by atoms with van der Waals surface area (Å²) < 4.78 is 5.19. The summed E-state index contributed by atoms with van der Waals surface area (Å²) in [7, 11) is 3.46. The van der Waals surface area contributed by atoms with Crippen LogP contribution < -0.4 is 4.74 Å². The van der Waals surface area contributed by atoms with Crippen LogP contribution in [0.3, 0.4) is 0 Å². The van der Waals surface area contributed by atoms with E-state index in [1.54, 1.807) is 7.11 Å². The van der Waals surface area contributed by atoms with Crippen molar-refractivity contribution in [3.05, 3.63) is 29.3 Å². The van der Waals surface area contributed by atoms with E-state index in [9.17, 15) is 10.1 Å². The Labute approximate surface area is 131 Å². The summed E-state index contributed by atoms with van der Waals surface area (Å²) >= 11 is 0. The Morgan fingerprint density at radius 3 is 3.00 bits per heavy atom. The highest BCUT2D eigenvalue weighted by atomic mass is 16.5. The number of carbonyl (C=O) groups excluding carboxylic acids is 1. The van der Waals surface area contributed by atoms with Crippen molar-refractivity contribution in [3.63, 3.8) is 0 Å². The Morgan fingerprint density at radius 2 is 2.27 bits per heavy atom. The predicted octanol–water partition coefficient (Wildman–Crippen LogP) is 1.62. The number of hydrogen-bond donors (Lipinski definition) is 0. The molecule has 0 saturated carbocycles. The van der Waals surface area contributed by atoms with E-state index in [0.717, 1.165) is 38.0 Å². The van der Waals surface area contributed by atoms with Gasteiger partial charge in [-0.15, -0.1) is 0 Å². The number of amides is 1. The highest BCUT2D eigenvalue weighted by molar-refractivity contribution is 5.82. The number of hydrogen-bond acceptors (Lipinski definition) is 4. The Hall–Kier alpha value is -2.06. The molecule has 2 aliphatic rings. The molecule has 116 valence electrons. The topological polar surface area (TPSA) is 56.6 Å². The average Bonchev–Trinajstić information content (AvgIpc) is 2.83. The molecule has 5 nitrogen and oxygen atoms in total. The minimum atomic E-state index is 0.146. The molecule has 2 fully saturated rings. The van der Waals surface area contributed by atoms with Crippen LogP contribution in [0.1, 0.15) is 24.0 Å². The Bertz CT molecular complexity index is 623. The summed E-state index contributed by atoms with van der Waals surface area (Å²) in [5, 5.41) is 9.20. The van der Waals surface area contributed by atoms with Gasteiger partial charge in [-0.05, 0) is 37.1 Å². The fourth-order valence-electron chi connectivity index (χ4n) is 3.68. The lowest BCUT2D eigenvalue weighted by molar-refractivity contribution is -0.130. The van der Waals surface area contributed by atoms with Crippen LogP contribution in [0.4, 0.5) is 0 Å². The van der Waals surface area contributed by atoms with Crippen molar-refractivity contribution < 1.29 is 9.53 Å². The lowest BCUT2D eigenvalue weighted by atomic mass is 9.91. The van der Waals surface area contributed by atoms with E-state index in [4.69, 9.17) is 4.74 Å². The smallest absolute Gasteiger partial charge is 0.227 e. The van der Waals surface area contributed by atoms with E-state index < -0.39 is 0 Å². The molecule has 2 atom stereocenters. The molecule has 0 unspecified atom stereocenters. The van der Waals surface area contributed by atoms with E-state index in [1.165, 1.54) is 0 Å². The number of nitrogens with zero attached hydrogens (tertiary/aromatic N) is 3. The average molecular weight is 299 g/mol. The number of nitriles is 1. The highest BCUT2D eigenvalue weighted by Gasteiger charge is 2.43. The van der Waals surface area contributed by atoms with Crippen molar-refractivity contribution in [3.8, 4) is 11.8 Å². The van der Waals surface area contributed by atoms with Gasteiger partial charge in [-0.3, -0.25) is 9.69 Å². The monoisotopic (exact) mass is 299 g/mol. The number of benzene rings is 1. The van der Waals surface area contributed by atoms with Crippen molar-refractivity contribution in [2.24, 2.45) is 5.92 Å². The summed E-state index contributed by atoms with van der Waals surface area (Å²) in [6.45, 7) is 2.60. The van der Waals surface area contributed by atoms with Gasteiger partial charge in [-0.25, -0.2) is 0 Å². The number of likely N-dealkylation sites (tertiary alicyclic amines) is 2. The summed E-state index contributed by atoms with van der Waals surface area (Å²) in [5.41, 5.74) is 1.66. The van der Waals surface area contributed by atoms with Gasteiger partial charge in [0.05, 0.1) is 18.6 Å². The summed E-state index contributed by atoms with van der Waals surface area (Å²) in [6.07, 6.45) is 2.05. The first-order chi connectivity index (χ1) is 10.6. The molecular formula is C17H21N3O2. The van der Waals surface area contributed by atoms with Gasteiger partial charge >= 0.3 is 0 Å². The van der Waals surface area contributed by atoms with Crippen LogP contribution in [0.25, 0.3) is 0 Å². The molecule has 2 aliphatic heterocycles. The van der Waals surface area contributed by atoms with Gasteiger partial charge in [0.25, 0.3) is 0 Å². The van der Waals surface area contributed by atoms with E-state index in [1.807, 2.05) is 30.1 Å². The van der Waals surface area contributed by atoms with Crippen molar-refractivity contribution in [1.29, 1.82) is 5.26 Å². The molecule has 0 N–H and O–H groups in total. The van der Waals surface area contributed by atoms with Gasteiger partial charge < -0.3 is 9.64 Å². The lowest BCUT2D eigenvalue weighted by Gasteiger charge is -2.36. The van der Waals surface area contributed by atoms with E-state index in [2.05, 4.69) is 11.0 Å². The SMILES string of the molecule is COc1ccc(CN2CCC[C@H]3C(=O)N(C)C[C@H]32)cc1C#N. The minimum absolute atomic E-state index is 0.146. The number of rotatable bonds is 3. The maximum absolute atomic E-state index is 12.2. The van der Waals surface area contributed by atoms with Crippen molar-refractivity contribution in [2.45, 2.75) is 25.4 Å². The minimum Gasteiger partial charge on any atom is -0.495 e. The van der Waals surface area contributed by atoms with Crippen LogP contribution in [0, 0.1) is 17.2 Å². The third-order valence-corrected chi connectivity index (χ3v) is 4.82. The third kappa shape index (κ3) is 2.55. The van der Waals surface area contributed by atoms with Crippen LogP contribution in [0.2, 0.25) is 0 Å². The van der Waals surface area contributed by atoms with Crippen LogP contribution in [0.5, 0.6) is 5.75 Å². The Kier molecular flexibility index (Phi) is 4.04. The standard InChI is InChI=1S/C17H21N3O2/c1-19-11-15-14(17(19)21)4-3-7-20(15)10-12-5-6-16(22-2)13(8-12)9-18/h5-6,8,14-15H,3-4,7,10-11H2,1-2H3/t14-,15-/m1/s1. The molecule has 0 aliphatic carbocycles. The zero-order valence-corrected chi connectivity index (χ0v) is 13.1. The van der Waals surface area contributed by atoms with Crippen molar-refractivity contribution in [2.75, 3.05) is 27.2 Å². The van der Waals surface area contributed by atoms with E-state index >= 15 is 0 Å². The molecule has 5 heteroatoms. The number of piperidine rings is 1. The summed E-state index contributed by atoms with van der Waals surface area (Å²) in [4.78, 5) is 16.4. The molecule has 0 radical (unpaired) electrons. The summed E-state index contributed by atoms with van der Waals surface area (Å²) in [6, 6.07) is 8.23. The highest BCUT2D eigenvalue weighted by Crippen LogP contribution is 2.32. The van der Waals surface area contributed by atoms with Gasteiger partial charge in [-0.2, -0.15) is 5.26 Å². The van der Waals surface area contributed by atoms with Gasteiger partial charge in [-0.1, -0.05) is 6.07 Å². The largest absolute Gasteiger partial charge is 0.495 e. The normalized spacial score (nSPS) is 25.0. The molecule has 0 aromatic heterocycles. The quantitative estimate of drug-likeness (QED) is 0.851. The van der Waals surface area contributed by atoms with Crippen molar-refractivity contribution in [1.82, 2.24) is 9.80 Å². The molecule has 2 heterocycles. The number of carbonyl (C=O) groups is 1. The van der Waals surface area contributed by atoms with E-state index in [-0.39, 0.29) is 11.8 Å². The second-order valence-electron chi connectivity index (χ2n) is 6.15. The molecule has 1 aromatic carbocycles. The second-order valence-corrected chi connectivity index (χ2v) is 6.15. The number of ether oxygens (including phenoxy) is 1.